The molecule has 1 unspecified atom stereocenters. The zero-order valence-corrected chi connectivity index (χ0v) is 29.4. The molecule has 1 atom stereocenters. The Morgan fingerprint density at radius 1 is 0.453 bits per heavy atom. The molecule has 0 saturated heterocycles. The predicted molar refractivity (Wildman–Crippen MR) is 222 cm³/mol. The minimum absolute atomic E-state index is 0.119. The van der Waals surface area contributed by atoms with Gasteiger partial charge in [-0.2, -0.15) is 0 Å². The van der Waals surface area contributed by atoms with E-state index < -0.39 is 0 Å². The first-order valence-electron chi connectivity index (χ1n) is 18.2. The summed E-state index contributed by atoms with van der Waals surface area (Å²) in [6.45, 7) is 2.33. The monoisotopic (exact) mass is 680 g/mol. The van der Waals surface area contributed by atoms with Crippen molar-refractivity contribution in [3.8, 4) is 0 Å². The summed E-state index contributed by atoms with van der Waals surface area (Å²) in [6.07, 6.45) is 14.5. The summed E-state index contributed by atoms with van der Waals surface area (Å²) in [6, 6.07) is 53.4. The van der Waals surface area contributed by atoms with Crippen molar-refractivity contribution < 1.29 is 0 Å². The average Bonchev–Trinajstić information content (AvgIpc) is 3.22. The van der Waals surface area contributed by atoms with Crippen molar-refractivity contribution in [2.24, 2.45) is 5.41 Å². The maximum Gasteiger partial charge on any atom is 0.116 e. The third-order valence-corrected chi connectivity index (χ3v) is 10.8. The molecule has 0 fully saturated rings. The summed E-state index contributed by atoms with van der Waals surface area (Å²) in [5.41, 5.74) is 10.8. The van der Waals surface area contributed by atoms with Crippen LogP contribution in [0.25, 0.3) is 43.6 Å². The van der Waals surface area contributed by atoms with Gasteiger partial charge >= 0.3 is 0 Å². The van der Waals surface area contributed by atoms with Crippen LogP contribution in [0.1, 0.15) is 13.3 Å². The molecular formula is C49H36N4. The first kappa shape index (κ1) is 31.0. The largest absolute Gasteiger partial charge is 0.308 e. The number of rotatable bonds is 6. The van der Waals surface area contributed by atoms with Crippen LogP contribution in [0.3, 0.4) is 0 Å². The predicted octanol–water partition coefficient (Wildman–Crippen LogP) is 13.0. The lowest BCUT2D eigenvalue weighted by atomic mass is 9.72. The number of benzene rings is 7. The SMILES string of the molecule is CC12C=CC=C(N(c3ccccc3)c3ccc(N(c4ccccc4)c4ccccc4)c4nc5c6ccccc6c6ccccc6c5nc34)C1=CC=CC2. The fraction of sp³-hybridized carbons (Fsp3) is 0.0612. The van der Waals surface area contributed by atoms with Crippen molar-refractivity contribution in [2.45, 2.75) is 13.3 Å². The first-order valence-corrected chi connectivity index (χ1v) is 18.2. The van der Waals surface area contributed by atoms with E-state index in [1.165, 1.54) is 16.3 Å². The van der Waals surface area contributed by atoms with Gasteiger partial charge in [0.15, 0.2) is 0 Å². The van der Waals surface area contributed by atoms with Gasteiger partial charge in [-0.15, -0.1) is 0 Å². The number of hydrogen-bond donors (Lipinski definition) is 0. The molecule has 1 aromatic heterocycles. The van der Waals surface area contributed by atoms with Crippen LogP contribution in [0.15, 0.2) is 199 Å². The van der Waals surface area contributed by atoms with E-state index in [9.17, 15) is 0 Å². The Balaban J connectivity index is 1.35. The molecule has 8 aromatic rings. The van der Waals surface area contributed by atoms with Gasteiger partial charge in [-0.05, 0) is 77.4 Å². The highest BCUT2D eigenvalue weighted by atomic mass is 15.2. The van der Waals surface area contributed by atoms with Crippen LogP contribution in [0.5, 0.6) is 0 Å². The van der Waals surface area contributed by atoms with Gasteiger partial charge in [0.1, 0.15) is 11.0 Å². The number of para-hydroxylation sites is 3. The Bertz CT molecular complexity index is 2780. The molecule has 4 nitrogen and oxygen atoms in total. The molecule has 53 heavy (non-hydrogen) atoms. The zero-order valence-electron chi connectivity index (χ0n) is 29.4. The van der Waals surface area contributed by atoms with Crippen LogP contribution >= 0.6 is 0 Å². The second kappa shape index (κ2) is 12.5. The minimum atomic E-state index is -0.119. The molecule has 7 aromatic carbocycles. The highest BCUT2D eigenvalue weighted by Gasteiger charge is 2.35. The molecule has 2 aliphatic rings. The molecule has 0 bridgehead atoms. The third-order valence-electron chi connectivity index (χ3n) is 10.8. The molecular weight excluding hydrogens is 645 g/mol. The molecule has 0 aliphatic heterocycles. The van der Waals surface area contributed by atoms with E-state index in [2.05, 4.69) is 205 Å². The Labute approximate surface area is 309 Å². The second-order valence-corrected chi connectivity index (χ2v) is 14.0. The maximum absolute atomic E-state index is 5.74. The van der Waals surface area contributed by atoms with Gasteiger partial charge in [0.2, 0.25) is 0 Å². The van der Waals surface area contributed by atoms with Crippen LogP contribution < -0.4 is 9.80 Å². The molecule has 0 radical (unpaired) electrons. The minimum Gasteiger partial charge on any atom is -0.308 e. The normalized spacial score (nSPS) is 16.5. The molecule has 0 spiro atoms. The van der Waals surface area contributed by atoms with Gasteiger partial charge in [-0.1, -0.05) is 140 Å². The molecule has 0 saturated carbocycles. The summed E-state index contributed by atoms with van der Waals surface area (Å²) in [4.78, 5) is 16.1. The Hall–Kier alpha value is -6.78. The standard InChI is InChI=1S/C49H36N4/c1-49-32-16-15-28-41(49)42(29-17-33-49)53(36-22-9-4-10-23-36)44-31-30-43(52(34-18-5-2-6-19-34)35-20-7-3-8-21-35)47-48(44)51-46-40-27-14-12-25-38(40)37-24-11-13-26-39(37)45(46)50-47/h2-31,33H,32H2,1H3. The van der Waals surface area contributed by atoms with Crippen molar-refractivity contribution in [3.05, 3.63) is 199 Å². The Kier molecular flexibility index (Phi) is 7.29. The van der Waals surface area contributed by atoms with E-state index in [1.54, 1.807) is 0 Å². The Morgan fingerprint density at radius 2 is 0.906 bits per heavy atom. The first-order chi connectivity index (χ1) is 26.2. The van der Waals surface area contributed by atoms with Gasteiger partial charge < -0.3 is 9.80 Å². The fourth-order valence-corrected chi connectivity index (χ4v) is 8.21. The number of fused-ring (bicyclic) bond motifs is 8. The summed E-state index contributed by atoms with van der Waals surface area (Å²) >= 11 is 0. The van der Waals surface area contributed by atoms with Gasteiger partial charge in [-0.25, -0.2) is 9.97 Å². The third kappa shape index (κ3) is 5.06. The van der Waals surface area contributed by atoms with Gasteiger partial charge in [-0.3, -0.25) is 0 Å². The van der Waals surface area contributed by atoms with E-state index in [0.29, 0.717) is 0 Å². The highest BCUT2D eigenvalue weighted by molar-refractivity contribution is 6.24. The van der Waals surface area contributed by atoms with Crippen molar-refractivity contribution in [3.63, 3.8) is 0 Å². The highest BCUT2D eigenvalue weighted by Crippen LogP contribution is 2.49. The van der Waals surface area contributed by atoms with E-state index in [4.69, 9.17) is 9.97 Å². The number of anilines is 5. The topological polar surface area (TPSA) is 32.3 Å². The molecule has 0 N–H and O–H groups in total. The zero-order chi connectivity index (χ0) is 35.4. The Morgan fingerprint density at radius 3 is 1.43 bits per heavy atom. The van der Waals surface area contributed by atoms with Gasteiger partial charge in [0.05, 0.1) is 28.1 Å². The lowest BCUT2D eigenvalue weighted by Gasteiger charge is -2.39. The van der Waals surface area contributed by atoms with Crippen LogP contribution in [0, 0.1) is 5.41 Å². The number of nitrogens with zero attached hydrogens (tertiary/aromatic N) is 4. The second-order valence-electron chi connectivity index (χ2n) is 14.0. The smallest absolute Gasteiger partial charge is 0.116 e. The van der Waals surface area contributed by atoms with Crippen LogP contribution in [-0.2, 0) is 0 Å². The summed E-state index contributed by atoms with van der Waals surface area (Å²) < 4.78 is 0. The fourth-order valence-electron chi connectivity index (χ4n) is 8.21. The lowest BCUT2D eigenvalue weighted by molar-refractivity contribution is 0.517. The number of aromatic nitrogens is 2. The van der Waals surface area contributed by atoms with Gasteiger partial charge in [0, 0.05) is 33.2 Å². The molecule has 1 heterocycles. The molecule has 2 aliphatic carbocycles. The van der Waals surface area contributed by atoms with Crippen molar-refractivity contribution >= 4 is 72.0 Å². The number of hydrogen-bond acceptors (Lipinski definition) is 4. The van der Waals surface area contributed by atoms with Crippen molar-refractivity contribution in [1.82, 2.24) is 9.97 Å². The summed E-state index contributed by atoms with van der Waals surface area (Å²) in [7, 11) is 0. The molecule has 10 rings (SSSR count). The van der Waals surface area contributed by atoms with Crippen LogP contribution in [0.2, 0.25) is 0 Å². The van der Waals surface area contributed by atoms with Crippen molar-refractivity contribution in [2.75, 3.05) is 9.80 Å². The average molecular weight is 681 g/mol. The van der Waals surface area contributed by atoms with Crippen LogP contribution in [0.4, 0.5) is 28.4 Å². The molecule has 4 heteroatoms. The maximum atomic E-state index is 5.74. The van der Waals surface area contributed by atoms with Gasteiger partial charge in [0.25, 0.3) is 0 Å². The van der Waals surface area contributed by atoms with Crippen LogP contribution in [-0.4, -0.2) is 9.97 Å². The lowest BCUT2D eigenvalue weighted by Crippen LogP contribution is -2.29. The number of allylic oxidation sites excluding steroid dienone is 7. The van der Waals surface area contributed by atoms with E-state index >= 15 is 0 Å². The van der Waals surface area contributed by atoms with E-state index in [-0.39, 0.29) is 5.41 Å². The quantitative estimate of drug-likeness (QED) is 0.129. The molecule has 0 amide bonds. The summed E-state index contributed by atoms with van der Waals surface area (Å²) in [5, 5.41) is 4.53. The van der Waals surface area contributed by atoms with E-state index in [1.807, 2.05) is 0 Å². The van der Waals surface area contributed by atoms with Crippen molar-refractivity contribution in [1.29, 1.82) is 0 Å². The molecule has 252 valence electrons. The summed E-state index contributed by atoms with van der Waals surface area (Å²) in [5.74, 6) is 0. The van der Waals surface area contributed by atoms with E-state index in [0.717, 1.165) is 73.4 Å².